The van der Waals surface area contributed by atoms with Crippen LogP contribution < -0.4 is 4.90 Å². The summed E-state index contributed by atoms with van der Waals surface area (Å²) in [7, 11) is 2.32. The van der Waals surface area contributed by atoms with E-state index in [4.69, 9.17) is 4.52 Å². The fraction of sp³-hybridized carbons (Fsp3) is 0.571. The number of aromatic nitrogens is 2. The highest BCUT2D eigenvalue weighted by molar-refractivity contribution is 7.09. The molecule has 3 rings (SSSR count). The van der Waals surface area contributed by atoms with Gasteiger partial charge in [0.25, 0.3) is 0 Å². The monoisotopic (exact) mass is 279 g/mol. The van der Waals surface area contributed by atoms with Crippen LogP contribution in [0.1, 0.15) is 37.9 Å². The van der Waals surface area contributed by atoms with Gasteiger partial charge in [-0.05, 0) is 18.6 Å². The van der Waals surface area contributed by atoms with Gasteiger partial charge in [0, 0.05) is 28.8 Å². The molecule has 2 unspecified atom stereocenters. The van der Waals surface area contributed by atoms with Crippen LogP contribution in [0.5, 0.6) is 0 Å². The van der Waals surface area contributed by atoms with Gasteiger partial charge in [-0.25, -0.2) is 9.97 Å². The van der Waals surface area contributed by atoms with Crippen molar-refractivity contribution in [3.63, 3.8) is 0 Å². The van der Waals surface area contributed by atoms with Crippen molar-refractivity contribution in [1.82, 2.24) is 9.97 Å². The van der Waals surface area contributed by atoms with E-state index in [9.17, 15) is 0 Å². The Labute approximate surface area is 117 Å². The van der Waals surface area contributed by atoms with Crippen molar-refractivity contribution in [2.24, 2.45) is 0 Å². The highest BCUT2D eigenvalue weighted by Crippen LogP contribution is 2.20. The van der Waals surface area contributed by atoms with Crippen LogP contribution in [0.15, 0.2) is 18.8 Å². The number of anilines is 1. The van der Waals surface area contributed by atoms with E-state index < -0.39 is 0 Å². The lowest BCUT2D eigenvalue weighted by Gasteiger charge is -2.16. The molecule has 0 aromatic carbocycles. The Kier molecular flexibility index (Phi) is 5.74. The molecule has 19 heavy (non-hydrogen) atoms. The predicted octanol–water partition coefficient (Wildman–Crippen LogP) is 3.07. The molecule has 1 aliphatic heterocycles. The third-order valence-electron chi connectivity index (χ3n) is 3.50. The number of rotatable bonds is 3. The Morgan fingerprint density at radius 3 is 2.63 bits per heavy atom. The van der Waals surface area contributed by atoms with Crippen molar-refractivity contribution in [1.29, 1.82) is 0 Å². The average molecular weight is 279 g/mol. The highest BCUT2D eigenvalue weighted by atomic mass is 31.0. The van der Waals surface area contributed by atoms with Crippen molar-refractivity contribution in [3.8, 4) is 0 Å². The summed E-state index contributed by atoms with van der Waals surface area (Å²) in [6, 6.07) is 1.91. The third-order valence-corrected chi connectivity index (χ3v) is 3.89. The standard InChI is InChI=1S/C10H14N3OP.C4H8/c1-2-9-11-5-3-10(12-9)13-6-4-8(7-13)14-15;1-2-4-3-1/h2-3,5,8H,1,4,6-7,15H2;1-4H2. The molecule has 1 aliphatic carbocycles. The fourth-order valence-electron chi connectivity index (χ4n) is 1.94. The van der Waals surface area contributed by atoms with Crippen LogP contribution in [-0.4, -0.2) is 29.2 Å². The van der Waals surface area contributed by atoms with Gasteiger partial charge in [-0.1, -0.05) is 32.3 Å². The molecule has 0 bridgehead atoms. The third kappa shape index (κ3) is 4.26. The van der Waals surface area contributed by atoms with Gasteiger partial charge in [0.1, 0.15) is 5.82 Å². The highest BCUT2D eigenvalue weighted by Gasteiger charge is 2.23. The largest absolute Gasteiger partial charge is 0.361 e. The van der Waals surface area contributed by atoms with Gasteiger partial charge < -0.3 is 9.42 Å². The minimum atomic E-state index is 0.289. The maximum atomic E-state index is 5.23. The van der Waals surface area contributed by atoms with Crippen LogP contribution >= 0.6 is 9.47 Å². The van der Waals surface area contributed by atoms with Crippen LogP contribution in [0.25, 0.3) is 6.08 Å². The molecule has 1 aromatic heterocycles. The second-order valence-electron chi connectivity index (χ2n) is 4.88. The zero-order valence-corrected chi connectivity index (χ0v) is 12.4. The lowest BCUT2D eigenvalue weighted by Crippen LogP contribution is -2.22. The molecule has 2 heterocycles. The molecule has 1 saturated carbocycles. The SMILES string of the molecule is C1CCC1.C=Cc1nccc(N2CCC(OP)C2)n1. The smallest absolute Gasteiger partial charge is 0.153 e. The second kappa shape index (κ2) is 7.56. The van der Waals surface area contributed by atoms with Crippen molar-refractivity contribution in [2.75, 3.05) is 18.0 Å². The number of nitrogens with zero attached hydrogens (tertiary/aromatic N) is 3. The van der Waals surface area contributed by atoms with Gasteiger partial charge in [-0.15, -0.1) is 0 Å². The van der Waals surface area contributed by atoms with Crippen LogP contribution in [0.3, 0.4) is 0 Å². The van der Waals surface area contributed by atoms with E-state index in [1.54, 1.807) is 12.3 Å². The van der Waals surface area contributed by atoms with Crippen molar-refractivity contribution in [2.45, 2.75) is 38.2 Å². The molecule has 0 radical (unpaired) electrons. The van der Waals surface area contributed by atoms with Gasteiger partial charge in [0.2, 0.25) is 0 Å². The van der Waals surface area contributed by atoms with E-state index in [2.05, 4.69) is 30.9 Å². The van der Waals surface area contributed by atoms with Crippen LogP contribution in [0.4, 0.5) is 5.82 Å². The predicted molar refractivity (Wildman–Crippen MR) is 82.0 cm³/mol. The van der Waals surface area contributed by atoms with Gasteiger partial charge in [0.15, 0.2) is 5.82 Å². The normalized spacial score (nSPS) is 21.3. The summed E-state index contributed by atoms with van der Waals surface area (Å²) >= 11 is 0. The molecule has 0 N–H and O–H groups in total. The minimum absolute atomic E-state index is 0.289. The molecule has 2 aliphatic rings. The first kappa shape index (κ1) is 14.4. The van der Waals surface area contributed by atoms with Crippen LogP contribution in [0, 0.1) is 0 Å². The fourth-order valence-corrected chi connectivity index (χ4v) is 2.16. The van der Waals surface area contributed by atoms with Gasteiger partial charge >= 0.3 is 0 Å². The first-order chi connectivity index (χ1) is 9.33. The first-order valence-corrected chi connectivity index (χ1v) is 7.36. The summed E-state index contributed by atoms with van der Waals surface area (Å²) in [5.74, 6) is 1.62. The van der Waals surface area contributed by atoms with Crippen LogP contribution in [0.2, 0.25) is 0 Å². The Hall–Kier alpha value is -0.990. The van der Waals surface area contributed by atoms with E-state index in [1.165, 1.54) is 25.7 Å². The van der Waals surface area contributed by atoms with Gasteiger partial charge in [-0.2, -0.15) is 0 Å². The van der Waals surface area contributed by atoms with Crippen LogP contribution in [-0.2, 0) is 4.52 Å². The van der Waals surface area contributed by atoms with Gasteiger partial charge in [0.05, 0.1) is 6.10 Å². The molecule has 4 nitrogen and oxygen atoms in total. The lowest BCUT2D eigenvalue weighted by atomic mass is 10.0. The Balaban J connectivity index is 0.000000284. The second-order valence-corrected chi connectivity index (χ2v) is 5.16. The Morgan fingerprint density at radius 1 is 1.37 bits per heavy atom. The van der Waals surface area contributed by atoms with E-state index in [0.717, 1.165) is 25.3 Å². The van der Waals surface area contributed by atoms with Crippen molar-refractivity contribution in [3.05, 3.63) is 24.7 Å². The Morgan fingerprint density at radius 2 is 2.11 bits per heavy atom. The number of hydrogen-bond donors (Lipinski definition) is 0. The molecule has 2 fully saturated rings. The summed E-state index contributed by atoms with van der Waals surface area (Å²) < 4.78 is 5.23. The van der Waals surface area contributed by atoms with E-state index in [-0.39, 0.29) is 6.10 Å². The maximum absolute atomic E-state index is 5.23. The average Bonchev–Trinajstić information content (AvgIpc) is 2.85. The zero-order chi connectivity index (χ0) is 13.5. The maximum Gasteiger partial charge on any atom is 0.153 e. The summed E-state index contributed by atoms with van der Waals surface area (Å²) in [5.41, 5.74) is 0. The van der Waals surface area contributed by atoms with E-state index in [1.807, 2.05) is 6.07 Å². The summed E-state index contributed by atoms with van der Waals surface area (Å²) in [4.78, 5) is 10.7. The first-order valence-electron chi connectivity index (χ1n) is 6.89. The van der Waals surface area contributed by atoms with E-state index >= 15 is 0 Å². The number of hydrogen-bond acceptors (Lipinski definition) is 4. The molecular formula is C14H22N3OP. The van der Waals surface area contributed by atoms with E-state index in [0.29, 0.717) is 5.82 Å². The molecule has 0 amide bonds. The zero-order valence-electron chi connectivity index (χ0n) is 11.3. The van der Waals surface area contributed by atoms with Gasteiger partial charge in [-0.3, -0.25) is 0 Å². The minimum Gasteiger partial charge on any atom is -0.361 e. The molecular weight excluding hydrogens is 257 g/mol. The van der Waals surface area contributed by atoms with Crippen molar-refractivity contribution < 1.29 is 4.52 Å². The summed E-state index contributed by atoms with van der Waals surface area (Å²) in [6.45, 7) is 5.52. The molecule has 104 valence electrons. The lowest BCUT2D eigenvalue weighted by molar-refractivity contribution is 0.266. The molecule has 1 saturated heterocycles. The summed E-state index contributed by atoms with van der Waals surface area (Å²) in [6.07, 6.45) is 10.7. The molecule has 5 heteroatoms. The Bertz CT molecular complexity index is 405. The quantitative estimate of drug-likeness (QED) is 0.797. The molecule has 0 spiro atoms. The molecule has 1 aromatic rings. The van der Waals surface area contributed by atoms with Crippen molar-refractivity contribution >= 4 is 21.4 Å². The topological polar surface area (TPSA) is 38.2 Å². The summed E-state index contributed by atoms with van der Waals surface area (Å²) in [5, 5.41) is 0. The molecule has 2 atom stereocenters.